The van der Waals surface area contributed by atoms with Gasteiger partial charge in [0.15, 0.2) is 9.84 Å². The Morgan fingerprint density at radius 1 is 1.13 bits per heavy atom. The van der Waals surface area contributed by atoms with Crippen molar-refractivity contribution in [1.29, 1.82) is 0 Å². The number of nitrogens with zero attached hydrogens (tertiary/aromatic N) is 1. The molecule has 0 atom stereocenters. The van der Waals surface area contributed by atoms with Crippen LogP contribution in [0, 0.1) is 6.92 Å². The van der Waals surface area contributed by atoms with E-state index in [4.69, 9.17) is 34.8 Å². The van der Waals surface area contributed by atoms with Crippen molar-refractivity contribution in [3.05, 3.63) is 56.0 Å². The molecule has 0 saturated carbocycles. The molecule has 0 fully saturated rings. The monoisotopic (exact) mass is 405 g/mol. The number of sulfone groups is 1. The lowest BCUT2D eigenvalue weighted by molar-refractivity contribution is 0.595. The van der Waals surface area contributed by atoms with Gasteiger partial charge in [-0.2, -0.15) is 0 Å². The Morgan fingerprint density at radius 2 is 1.87 bits per heavy atom. The lowest BCUT2D eigenvalue weighted by atomic mass is 10.2. The average Bonchev–Trinajstić information content (AvgIpc) is 2.86. The molecule has 0 aliphatic rings. The number of hydrogen-bond donors (Lipinski definition) is 0. The number of hydrogen-bond acceptors (Lipinski definition) is 4. The van der Waals surface area contributed by atoms with Crippen LogP contribution in [0.15, 0.2) is 35.2 Å². The number of aromatic nitrogens is 1. The molecule has 3 aromatic rings. The van der Waals surface area contributed by atoms with Gasteiger partial charge >= 0.3 is 0 Å². The van der Waals surface area contributed by atoms with Gasteiger partial charge in [-0.3, -0.25) is 0 Å². The van der Waals surface area contributed by atoms with Gasteiger partial charge in [0, 0.05) is 5.02 Å². The maximum atomic E-state index is 12.6. The van der Waals surface area contributed by atoms with E-state index in [-0.39, 0.29) is 15.7 Å². The molecule has 0 bridgehead atoms. The molecule has 120 valence electrons. The standard InChI is InChI=1S/C15H10Cl3NO2S2/c1-8-19-15-12(22-8)5-2-9(14(15)18)7-23(20,21)13-6-10(16)3-4-11(13)17/h2-6H,7H2,1H3. The minimum Gasteiger partial charge on any atom is -0.240 e. The first-order valence-electron chi connectivity index (χ1n) is 6.50. The van der Waals surface area contributed by atoms with Crippen LogP contribution in [0.3, 0.4) is 0 Å². The molecule has 8 heteroatoms. The van der Waals surface area contributed by atoms with Gasteiger partial charge in [-0.25, -0.2) is 13.4 Å². The largest absolute Gasteiger partial charge is 0.240 e. The first-order chi connectivity index (χ1) is 10.8. The Morgan fingerprint density at radius 3 is 2.61 bits per heavy atom. The van der Waals surface area contributed by atoms with Crippen molar-refractivity contribution in [2.45, 2.75) is 17.6 Å². The molecule has 0 N–H and O–H groups in total. The van der Waals surface area contributed by atoms with E-state index in [0.717, 1.165) is 9.71 Å². The molecule has 0 aliphatic heterocycles. The Labute approximate surface area is 152 Å². The summed E-state index contributed by atoms with van der Waals surface area (Å²) in [6.07, 6.45) is 0. The summed E-state index contributed by atoms with van der Waals surface area (Å²) in [6, 6.07) is 7.89. The third-order valence-electron chi connectivity index (χ3n) is 3.26. The maximum absolute atomic E-state index is 12.6. The molecule has 0 spiro atoms. The van der Waals surface area contributed by atoms with Crippen molar-refractivity contribution < 1.29 is 8.42 Å². The second-order valence-electron chi connectivity index (χ2n) is 4.95. The van der Waals surface area contributed by atoms with E-state index in [9.17, 15) is 8.42 Å². The second-order valence-corrected chi connectivity index (χ2v) is 9.37. The summed E-state index contributed by atoms with van der Waals surface area (Å²) < 4.78 is 26.2. The van der Waals surface area contributed by atoms with Crippen LogP contribution in [0.2, 0.25) is 15.1 Å². The van der Waals surface area contributed by atoms with Crippen LogP contribution >= 0.6 is 46.1 Å². The molecule has 0 saturated heterocycles. The van der Waals surface area contributed by atoms with E-state index in [1.54, 1.807) is 12.1 Å². The van der Waals surface area contributed by atoms with Crippen LogP contribution in [0.25, 0.3) is 10.2 Å². The number of fused-ring (bicyclic) bond motifs is 1. The van der Waals surface area contributed by atoms with Crippen LogP contribution in [0.4, 0.5) is 0 Å². The van der Waals surface area contributed by atoms with Crippen LogP contribution in [0.1, 0.15) is 10.6 Å². The second kappa shape index (κ2) is 6.22. The molecule has 0 radical (unpaired) electrons. The molecular weight excluding hydrogens is 397 g/mol. The number of rotatable bonds is 3. The number of halogens is 3. The molecule has 3 nitrogen and oxygen atoms in total. The summed E-state index contributed by atoms with van der Waals surface area (Å²) in [5.74, 6) is -0.265. The Balaban J connectivity index is 2.07. The third-order valence-corrected chi connectivity index (χ3v) is 6.99. The van der Waals surface area contributed by atoms with Gasteiger partial charge in [0.1, 0.15) is 5.52 Å². The van der Waals surface area contributed by atoms with Crippen molar-refractivity contribution in [2.75, 3.05) is 0 Å². The average molecular weight is 407 g/mol. The van der Waals surface area contributed by atoms with Crippen molar-refractivity contribution in [3.8, 4) is 0 Å². The quantitative estimate of drug-likeness (QED) is 0.574. The highest BCUT2D eigenvalue weighted by Crippen LogP contribution is 2.34. The van der Waals surface area contributed by atoms with E-state index < -0.39 is 9.84 Å². The summed E-state index contributed by atoms with van der Waals surface area (Å²) in [4.78, 5) is 4.35. The fourth-order valence-electron chi connectivity index (χ4n) is 2.22. The van der Waals surface area contributed by atoms with Gasteiger partial charge in [0.05, 0.1) is 30.4 Å². The summed E-state index contributed by atoms with van der Waals surface area (Å²) in [5, 5.41) is 1.68. The molecule has 3 rings (SSSR count). The van der Waals surface area contributed by atoms with Crippen molar-refractivity contribution >= 4 is 66.2 Å². The summed E-state index contributed by atoms with van der Waals surface area (Å²) in [6.45, 7) is 1.88. The molecule has 0 aliphatic carbocycles. The van der Waals surface area contributed by atoms with Gasteiger partial charge in [-0.1, -0.05) is 40.9 Å². The zero-order valence-corrected chi connectivity index (χ0v) is 15.7. The molecule has 1 aromatic heterocycles. The molecule has 0 unspecified atom stereocenters. The number of aryl methyl sites for hydroxylation is 1. The Hall–Kier alpha value is -0.850. The minimum absolute atomic E-state index is 0.00251. The first kappa shape index (κ1) is 17.0. The highest BCUT2D eigenvalue weighted by molar-refractivity contribution is 7.90. The van der Waals surface area contributed by atoms with Gasteiger partial charge in [0.2, 0.25) is 0 Å². The number of thiazole rings is 1. The van der Waals surface area contributed by atoms with E-state index in [1.165, 1.54) is 23.5 Å². The zero-order valence-electron chi connectivity index (χ0n) is 11.8. The third kappa shape index (κ3) is 3.35. The normalized spacial score (nSPS) is 12.0. The molecule has 1 heterocycles. The zero-order chi connectivity index (χ0) is 16.8. The summed E-state index contributed by atoms with van der Waals surface area (Å²) in [7, 11) is -3.68. The summed E-state index contributed by atoms with van der Waals surface area (Å²) >= 11 is 19.7. The van der Waals surface area contributed by atoms with Gasteiger partial charge in [-0.15, -0.1) is 11.3 Å². The van der Waals surface area contributed by atoms with Gasteiger partial charge in [0.25, 0.3) is 0 Å². The van der Waals surface area contributed by atoms with Gasteiger partial charge in [-0.05, 0) is 36.8 Å². The molecular formula is C15H10Cl3NO2S2. The molecule has 2 aromatic carbocycles. The molecule has 0 amide bonds. The van der Waals surface area contributed by atoms with E-state index in [0.29, 0.717) is 21.1 Å². The maximum Gasteiger partial charge on any atom is 0.184 e. The van der Waals surface area contributed by atoms with E-state index in [2.05, 4.69) is 4.98 Å². The topological polar surface area (TPSA) is 47.0 Å². The van der Waals surface area contributed by atoms with E-state index in [1.807, 2.05) is 13.0 Å². The van der Waals surface area contributed by atoms with Crippen LogP contribution < -0.4 is 0 Å². The highest BCUT2D eigenvalue weighted by Gasteiger charge is 2.22. The predicted octanol–water partition coefficient (Wildman–Crippen LogP) is 5.54. The predicted molar refractivity (Wildman–Crippen MR) is 96.7 cm³/mol. The minimum atomic E-state index is -3.68. The first-order valence-corrected chi connectivity index (χ1v) is 10.1. The Bertz CT molecular complexity index is 1010. The van der Waals surface area contributed by atoms with Crippen LogP contribution in [-0.2, 0) is 15.6 Å². The Kier molecular flexibility index (Phi) is 4.60. The fourth-order valence-corrected chi connectivity index (χ4v) is 5.65. The van der Waals surface area contributed by atoms with Crippen molar-refractivity contribution in [1.82, 2.24) is 4.98 Å². The molecule has 23 heavy (non-hydrogen) atoms. The van der Waals surface area contributed by atoms with Crippen molar-refractivity contribution in [2.24, 2.45) is 0 Å². The van der Waals surface area contributed by atoms with Crippen LogP contribution in [-0.4, -0.2) is 13.4 Å². The lowest BCUT2D eigenvalue weighted by Gasteiger charge is -2.09. The smallest absolute Gasteiger partial charge is 0.184 e. The van der Waals surface area contributed by atoms with E-state index >= 15 is 0 Å². The lowest BCUT2D eigenvalue weighted by Crippen LogP contribution is -2.06. The SMILES string of the molecule is Cc1nc2c(Cl)c(CS(=O)(=O)c3cc(Cl)ccc3Cl)ccc2s1. The van der Waals surface area contributed by atoms with Crippen LogP contribution in [0.5, 0.6) is 0 Å². The highest BCUT2D eigenvalue weighted by atomic mass is 35.5. The fraction of sp³-hybridized carbons (Fsp3) is 0.133. The van der Waals surface area contributed by atoms with Crippen molar-refractivity contribution in [3.63, 3.8) is 0 Å². The number of benzene rings is 2. The summed E-state index contributed by atoms with van der Waals surface area (Å²) in [5.41, 5.74) is 1.11. The van der Waals surface area contributed by atoms with Gasteiger partial charge < -0.3 is 0 Å².